The van der Waals surface area contributed by atoms with Crippen molar-refractivity contribution >= 4 is 32.3 Å². The van der Waals surface area contributed by atoms with Gasteiger partial charge < -0.3 is 0 Å². The highest BCUT2D eigenvalue weighted by molar-refractivity contribution is 9.18. The van der Waals surface area contributed by atoms with E-state index in [2.05, 4.69) is 30.9 Å². The Morgan fingerprint density at radius 2 is 2.42 bits per heavy atom. The summed E-state index contributed by atoms with van der Waals surface area (Å²) in [7, 11) is 0. The van der Waals surface area contributed by atoms with Crippen LogP contribution < -0.4 is 0 Å². The largest absolute Gasteiger partial charge is 0.271 e. The Hall–Kier alpha value is -0.420. The number of hydrogen-bond acceptors (Lipinski definition) is 4. The maximum atomic E-state index is 4.33. The Morgan fingerprint density at radius 1 is 1.58 bits per heavy atom. The van der Waals surface area contributed by atoms with Crippen LogP contribution >= 0.6 is 27.7 Å². The van der Waals surface area contributed by atoms with Gasteiger partial charge in [-0.05, 0) is 22.2 Å². The fraction of sp³-hybridized carbons (Fsp3) is 0.286. The number of hydrogen-bond donors (Lipinski definition) is 0. The molecular formula is C7H6BrN3S. The predicted molar refractivity (Wildman–Crippen MR) is 53.0 cm³/mol. The molecule has 1 aromatic rings. The molecular weight excluding hydrogens is 238 g/mol. The second kappa shape index (κ2) is 3.14. The van der Waals surface area contributed by atoms with Gasteiger partial charge in [0.1, 0.15) is 4.62 Å². The van der Waals surface area contributed by atoms with Gasteiger partial charge in [0, 0.05) is 11.8 Å². The standard InChI is InChI=1S/C7H6BrN3S/c1-12-7-10-2-4-5(11-7)3-9-6(4)8/h2H,3H2,1H3. The molecule has 0 saturated heterocycles. The second-order valence-electron chi connectivity index (χ2n) is 2.32. The number of aromatic nitrogens is 2. The predicted octanol–water partition coefficient (Wildman–Crippen LogP) is 1.85. The number of halogens is 1. The van der Waals surface area contributed by atoms with Crippen molar-refractivity contribution < 1.29 is 0 Å². The van der Waals surface area contributed by atoms with E-state index >= 15 is 0 Å². The van der Waals surface area contributed by atoms with E-state index in [1.165, 1.54) is 0 Å². The van der Waals surface area contributed by atoms with Crippen LogP contribution in [0.1, 0.15) is 11.3 Å². The third-order valence-electron chi connectivity index (χ3n) is 1.62. The first-order valence-electron chi connectivity index (χ1n) is 3.41. The lowest BCUT2D eigenvalue weighted by atomic mass is 10.3. The van der Waals surface area contributed by atoms with Crippen LogP contribution in [-0.4, -0.2) is 20.8 Å². The summed E-state index contributed by atoms with van der Waals surface area (Å²) in [5.41, 5.74) is 2.04. The van der Waals surface area contributed by atoms with E-state index < -0.39 is 0 Å². The molecule has 0 N–H and O–H groups in total. The average molecular weight is 244 g/mol. The minimum Gasteiger partial charge on any atom is -0.271 e. The SMILES string of the molecule is CSc1ncc2c(n1)CN=C2Br. The maximum absolute atomic E-state index is 4.33. The van der Waals surface area contributed by atoms with Crippen LogP contribution in [0, 0.1) is 0 Å². The zero-order chi connectivity index (χ0) is 8.55. The third kappa shape index (κ3) is 1.27. The highest BCUT2D eigenvalue weighted by atomic mass is 79.9. The fourth-order valence-corrected chi connectivity index (χ4v) is 1.84. The van der Waals surface area contributed by atoms with Gasteiger partial charge in [-0.1, -0.05) is 11.8 Å². The summed E-state index contributed by atoms with van der Waals surface area (Å²) >= 11 is 4.89. The van der Waals surface area contributed by atoms with Crippen molar-refractivity contribution in [3.05, 3.63) is 17.5 Å². The molecule has 0 atom stereocenters. The molecule has 0 spiro atoms. The molecule has 5 heteroatoms. The smallest absolute Gasteiger partial charge is 0.187 e. The van der Waals surface area contributed by atoms with E-state index in [0.29, 0.717) is 6.54 Å². The van der Waals surface area contributed by atoms with Crippen LogP contribution in [0.5, 0.6) is 0 Å². The molecule has 0 aromatic carbocycles. The van der Waals surface area contributed by atoms with Gasteiger partial charge in [-0.15, -0.1) is 0 Å². The van der Waals surface area contributed by atoms with Gasteiger partial charge in [-0.3, -0.25) is 4.99 Å². The van der Waals surface area contributed by atoms with E-state index in [0.717, 1.165) is 21.0 Å². The first-order chi connectivity index (χ1) is 5.81. The number of rotatable bonds is 1. The van der Waals surface area contributed by atoms with Crippen LogP contribution in [-0.2, 0) is 6.54 Å². The van der Waals surface area contributed by atoms with E-state index in [9.17, 15) is 0 Å². The van der Waals surface area contributed by atoms with Crippen molar-refractivity contribution in [3.63, 3.8) is 0 Å². The summed E-state index contributed by atoms with van der Waals surface area (Å²) in [4.78, 5) is 12.7. The van der Waals surface area contributed by atoms with Crippen LogP contribution in [0.4, 0.5) is 0 Å². The van der Waals surface area contributed by atoms with E-state index in [1.54, 1.807) is 11.8 Å². The Labute approximate surface area is 82.8 Å². The van der Waals surface area contributed by atoms with Gasteiger partial charge in [-0.2, -0.15) is 0 Å². The molecule has 1 aliphatic heterocycles. The third-order valence-corrected chi connectivity index (χ3v) is 2.86. The summed E-state index contributed by atoms with van der Waals surface area (Å²) in [6.45, 7) is 0.673. The summed E-state index contributed by atoms with van der Waals surface area (Å²) in [5, 5.41) is 0.811. The van der Waals surface area contributed by atoms with Crippen LogP contribution in [0.3, 0.4) is 0 Å². The zero-order valence-electron chi connectivity index (χ0n) is 6.41. The molecule has 2 heterocycles. The number of fused-ring (bicyclic) bond motifs is 1. The first-order valence-corrected chi connectivity index (χ1v) is 5.43. The van der Waals surface area contributed by atoms with Crippen molar-refractivity contribution in [2.75, 3.05) is 6.26 Å². The molecule has 3 nitrogen and oxygen atoms in total. The van der Waals surface area contributed by atoms with E-state index in [4.69, 9.17) is 0 Å². The Kier molecular flexibility index (Phi) is 2.14. The van der Waals surface area contributed by atoms with Gasteiger partial charge in [0.25, 0.3) is 0 Å². The van der Waals surface area contributed by atoms with Gasteiger partial charge in [-0.25, -0.2) is 9.97 Å². The lowest BCUT2D eigenvalue weighted by molar-refractivity contribution is 0.892. The van der Waals surface area contributed by atoms with Gasteiger partial charge in [0.05, 0.1) is 12.2 Å². The zero-order valence-corrected chi connectivity index (χ0v) is 8.81. The number of nitrogens with zero attached hydrogens (tertiary/aromatic N) is 3. The normalized spacial score (nSPS) is 14.3. The lowest BCUT2D eigenvalue weighted by Gasteiger charge is -1.98. The molecule has 12 heavy (non-hydrogen) atoms. The van der Waals surface area contributed by atoms with Gasteiger partial charge in [0.2, 0.25) is 0 Å². The molecule has 0 aliphatic carbocycles. The molecule has 1 aliphatic rings. The van der Waals surface area contributed by atoms with Crippen molar-refractivity contribution in [1.82, 2.24) is 9.97 Å². The molecule has 62 valence electrons. The average Bonchev–Trinajstić information content (AvgIpc) is 2.47. The maximum Gasteiger partial charge on any atom is 0.187 e. The Bertz CT molecular complexity index is 351. The Morgan fingerprint density at radius 3 is 3.17 bits per heavy atom. The summed E-state index contributed by atoms with van der Waals surface area (Å²) in [5.74, 6) is 0. The van der Waals surface area contributed by atoms with Crippen molar-refractivity contribution in [2.24, 2.45) is 4.99 Å². The summed E-state index contributed by atoms with van der Waals surface area (Å²) in [6.07, 6.45) is 3.78. The highest BCUT2D eigenvalue weighted by Gasteiger charge is 2.15. The number of aliphatic imine (C=N–C) groups is 1. The number of thioether (sulfide) groups is 1. The Balaban J connectivity index is 2.46. The van der Waals surface area contributed by atoms with Crippen molar-refractivity contribution in [3.8, 4) is 0 Å². The van der Waals surface area contributed by atoms with Gasteiger partial charge in [0.15, 0.2) is 5.16 Å². The molecule has 0 radical (unpaired) electrons. The van der Waals surface area contributed by atoms with E-state index in [1.807, 2.05) is 12.5 Å². The van der Waals surface area contributed by atoms with Gasteiger partial charge >= 0.3 is 0 Å². The van der Waals surface area contributed by atoms with Crippen LogP contribution in [0.2, 0.25) is 0 Å². The molecule has 0 fully saturated rings. The second-order valence-corrected chi connectivity index (χ2v) is 3.85. The van der Waals surface area contributed by atoms with Crippen molar-refractivity contribution in [2.45, 2.75) is 11.7 Å². The molecule has 1 aromatic heterocycles. The van der Waals surface area contributed by atoms with Crippen LogP contribution in [0.25, 0.3) is 0 Å². The first kappa shape index (κ1) is 8.19. The fourth-order valence-electron chi connectivity index (χ4n) is 1.02. The molecule has 0 bridgehead atoms. The molecule has 0 amide bonds. The topological polar surface area (TPSA) is 38.1 Å². The molecule has 2 rings (SSSR count). The minimum absolute atomic E-state index is 0.673. The summed E-state index contributed by atoms with van der Waals surface area (Å²) in [6, 6.07) is 0. The molecule has 0 unspecified atom stereocenters. The van der Waals surface area contributed by atoms with Crippen molar-refractivity contribution in [1.29, 1.82) is 0 Å². The minimum atomic E-state index is 0.673. The summed E-state index contributed by atoms with van der Waals surface area (Å²) < 4.78 is 0.866. The molecule has 0 saturated carbocycles. The van der Waals surface area contributed by atoms with Crippen LogP contribution in [0.15, 0.2) is 16.3 Å². The highest BCUT2D eigenvalue weighted by Crippen LogP contribution is 2.21. The van der Waals surface area contributed by atoms with E-state index in [-0.39, 0.29) is 0 Å². The quantitative estimate of drug-likeness (QED) is 0.559. The monoisotopic (exact) mass is 243 g/mol. The lowest BCUT2D eigenvalue weighted by Crippen LogP contribution is -1.96.